The Morgan fingerprint density at radius 2 is 1.73 bits per heavy atom. The average Bonchev–Trinajstić information content (AvgIpc) is 2.59. The van der Waals surface area contributed by atoms with Crippen LogP contribution in [0.2, 0.25) is 0 Å². The second-order valence-corrected chi connectivity index (χ2v) is 6.08. The van der Waals surface area contributed by atoms with Crippen LogP contribution in [-0.4, -0.2) is 19.0 Å². The Morgan fingerprint density at radius 3 is 2.59 bits per heavy atom. The van der Waals surface area contributed by atoms with Crippen molar-refractivity contribution in [1.29, 1.82) is 0 Å². The van der Waals surface area contributed by atoms with Crippen LogP contribution >= 0.6 is 0 Å². The normalized spacial score (nSPS) is 15.6. The molecule has 2 aromatic carbocycles. The Balaban J connectivity index is 1.49. The van der Waals surface area contributed by atoms with Crippen molar-refractivity contribution in [2.45, 2.75) is 32.1 Å². The molecule has 0 radical (unpaired) electrons. The van der Waals surface area contributed by atoms with Crippen molar-refractivity contribution < 1.29 is 4.79 Å². The van der Waals surface area contributed by atoms with E-state index in [-0.39, 0.29) is 11.8 Å². The highest BCUT2D eigenvalue weighted by atomic mass is 16.1. The molecule has 2 aromatic rings. The van der Waals surface area contributed by atoms with E-state index in [1.54, 1.807) is 0 Å². The number of hydrogen-bond acceptors (Lipinski definition) is 2. The summed E-state index contributed by atoms with van der Waals surface area (Å²) in [5.74, 6) is 0.478. The summed E-state index contributed by atoms with van der Waals surface area (Å²) in [6.07, 6.45) is 5.80. The lowest BCUT2D eigenvalue weighted by molar-refractivity contribution is -0.125. The molecule has 0 aromatic heterocycles. The number of fused-ring (bicyclic) bond motifs is 1. The molecular formula is C19H24N2O. The summed E-state index contributed by atoms with van der Waals surface area (Å²) in [4.78, 5) is 12.1. The molecule has 0 saturated heterocycles. The van der Waals surface area contributed by atoms with E-state index in [2.05, 4.69) is 53.1 Å². The first kappa shape index (κ1) is 14.9. The fraction of sp³-hybridized carbons (Fsp3) is 0.421. The predicted octanol–water partition coefficient (Wildman–Crippen LogP) is 3.95. The summed E-state index contributed by atoms with van der Waals surface area (Å²) in [5.41, 5.74) is 1.13. The molecule has 116 valence electrons. The van der Waals surface area contributed by atoms with Gasteiger partial charge in [0.25, 0.3) is 0 Å². The van der Waals surface area contributed by atoms with Gasteiger partial charge in [-0.3, -0.25) is 4.79 Å². The maximum atomic E-state index is 12.1. The summed E-state index contributed by atoms with van der Waals surface area (Å²) in [5, 5.41) is 8.96. The Labute approximate surface area is 132 Å². The molecule has 0 aliphatic heterocycles. The van der Waals surface area contributed by atoms with Crippen molar-refractivity contribution in [1.82, 2.24) is 5.32 Å². The summed E-state index contributed by atoms with van der Waals surface area (Å²) in [6, 6.07) is 14.6. The van der Waals surface area contributed by atoms with E-state index < -0.39 is 0 Å². The van der Waals surface area contributed by atoms with Crippen LogP contribution in [0, 0.1) is 5.92 Å². The van der Waals surface area contributed by atoms with Gasteiger partial charge in [0.1, 0.15) is 0 Å². The fourth-order valence-corrected chi connectivity index (χ4v) is 3.27. The number of benzene rings is 2. The van der Waals surface area contributed by atoms with E-state index in [0.717, 1.165) is 25.1 Å². The van der Waals surface area contributed by atoms with Gasteiger partial charge < -0.3 is 10.6 Å². The van der Waals surface area contributed by atoms with E-state index in [0.29, 0.717) is 6.54 Å². The number of carbonyl (C=O) groups excluding carboxylic acids is 1. The minimum absolute atomic E-state index is 0.236. The van der Waals surface area contributed by atoms with E-state index in [1.165, 1.54) is 30.0 Å². The van der Waals surface area contributed by atoms with Crippen molar-refractivity contribution in [3.05, 3.63) is 42.5 Å². The molecule has 1 aliphatic rings. The molecule has 0 spiro atoms. The minimum Gasteiger partial charge on any atom is -0.383 e. The van der Waals surface area contributed by atoms with Crippen LogP contribution in [0.1, 0.15) is 32.1 Å². The van der Waals surface area contributed by atoms with Crippen LogP contribution in [0.4, 0.5) is 5.69 Å². The van der Waals surface area contributed by atoms with Gasteiger partial charge in [0.2, 0.25) is 5.91 Å². The zero-order chi connectivity index (χ0) is 15.2. The van der Waals surface area contributed by atoms with E-state index in [9.17, 15) is 4.79 Å². The maximum Gasteiger partial charge on any atom is 0.223 e. The van der Waals surface area contributed by atoms with Gasteiger partial charge in [0.15, 0.2) is 0 Å². The summed E-state index contributed by atoms with van der Waals surface area (Å²) in [6.45, 7) is 1.44. The van der Waals surface area contributed by atoms with Crippen LogP contribution in [0.5, 0.6) is 0 Å². The zero-order valence-corrected chi connectivity index (χ0v) is 13.0. The van der Waals surface area contributed by atoms with E-state index in [1.807, 2.05) is 0 Å². The Hall–Kier alpha value is -2.03. The average molecular weight is 296 g/mol. The van der Waals surface area contributed by atoms with Crippen LogP contribution in [0.3, 0.4) is 0 Å². The van der Waals surface area contributed by atoms with Crippen molar-refractivity contribution in [2.24, 2.45) is 5.92 Å². The standard InChI is InChI=1S/C19H24N2O/c22-19(16-8-2-1-3-9-16)21-14-13-20-18-12-6-10-15-7-4-5-11-17(15)18/h4-7,10-12,16,20H,1-3,8-9,13-14H2,(H,21,22). The van der Waals surface area contributed by atoms with Gasteiger partial charge in [-0.1, -0.05) is 55.7 Å². The van der Waals surface area contributed by atoms with Gasteiger partial charge in [0, 0.05) is 30.1 Å². The molecule has 2 N–H and O–H groups in total. The van der Waals surface area contributed by atoms with Crippen LogP contribution in [0.25, 0.3) is 10.8 Å². The highest BCUT2D eigenvalue weighted by Gasteiger charge is 2.20. The van der Waals surface area contributed by atoms with Crippen molar-refractivity contribution in [3.63, 3.8) is 0 Å². The molecule has 3 nitrogen and oxygen atoms in total. The topological polar surface area (TPSA) is 41.1 Å². The van der Waals surface area contributed by atoms with Crippen molar-refractivity contribution >= 4 is 22.4 Å². The minimum atomic E-state index is 0.236. The maximum absolute atomic E-state index is 12.1. The van der Waals surface area contributed by atoms with Gasteiger partial charge in [0.05, 0.1) is 0 Å². The lowest BCUT2D eigenvalue weighted by atomic mass is 9.89. The third-order valence-electron chi connectivity index (χ3n) is 4.51. The molecule has 3 heteroatoms. The largest absolute Gasteiger partial charge is 0.383 e. The Bertz CT molecular complexity index is 627. The van der Waals surface area contributed by atoms with Gasteiger partial charge >= 0.3 is 0 Å². The van der Waals surface area contributed by atoms with E-state index >= 15 is 0 Å². The Morgan fingerprint density at radius 1 is 0.955 bits per heavy atom. The first-order valence-electron chi connectivity index (χ1n) is 8.34. The second kappa shape index (κ2) is 7.30. The number of nitrogens with one attached hydrogen (secondary N) is 2. The molecule has 0 heterocycles. The summed E-state index contributed by atoms with van der Waals surface area (Å²) in [7, 11) is 0. The molecule has 22 heavy (non-hydrogen) atoms. The number of anilines is 1. The number of hydrogen-bond donors (Lipinski definition) is 2. The molecule has 1 fully saturated rings. The van der Waals surface area contributed by atoms with Gasteiger partial charge in [-0.15, -0.1) is 0 Å². The summed E-state index contributed by atoms with van der Waals surface area (Å²) < 4.78 is 0. The number of rotatable bonds is 5. The smallest absolute Gasteiger partial charge is 0.223 e. The van der Waals surface area contributed by atoms with Gasteiger partial charge in [-0.2, -0.15) is 0 Å². The quantitative estimate of drug-likeness (QED) is 0.820. The van der Waals surface area contributed by atoms with Crippen LogP contribution in [-0.2, 0) is 4.79 Å². The van der Waals surface area contributed by atoms with Crippen molar-refractivity contribution in [3.8, 4) is 0 Å². The molecule has 1 amide bonds. The molecule has 0 atom stereocenters. The first-order valence-corrected chi connectivity index (χ1v) is 8.34. The molecule has 1 saturated carbocycles. The summed E-state index contributed by atoms with van der Waals surface area (Å²) >= 11 is 0. The second-order valence-electron chi connectivity index (χ2n) is 6.08. The zero-order valence-electron chi connectivity index (χ0n) is 13.0. The lowest BCUT2D eigenvalue weighted by Crippen LogP contribution is -2.34. The lowest BCUT2D eigenvalue weighted by Gasteiger charge is -2.20. The van der Waals surface area contributed by atoms with Crippen molar-refractivity contribution in [2.75, 3.05) is 18.4 Å². The Kier molecular flexibility index (Phi) is 4.94. The molecule has 0 bridgehead atoms. The number of amides is 1. The third kappa shape index (κ3) is 3.59. The third-order valence-corrected chi connectivity index (χ3v) is 4.51. The fourth-order valence-electron chi connectivity index (χ4n) is 3.27. The molecule has 0 unspecified atom stereocenters. The predicted molar refractivity (Wildman–Crippen MR) is 92.0 cm³/mol. The van der Waals surface area contributed by atoms with Gasteiger partial charge in [-0.25, -0.2) is 0 Å². The van der Waals surface area contributed by atoms with Crippen LogP contribution in [0.15, 0.2) is 42.5 Å². The SMILES string of the molecule is O=C(NCCNc1cccc2ccccc12)C1CCCCC1. The van der Waals surface area contributed by atoms with Gasteiger partial charge in [-0.05, 0) is 24.3 Å². The monoisotopic (exact) mass is 296 g/mol. The van der Waals surface area contributed by atoms with Crippen LogP contribution < -0.4 is 10.6 Å². The molecule has 3 rings (SSSR count). The molecular weight excluding hydrogens is 272 g/mol. The highest BCUT2D eigenvalue weighted by molar-refractivity contribution is 5.93. The molecule has 1 aliphatic carbocycles. The van der Waals surface area contributed by atoms with E-state index in [4.69, 9.17) is 0 Å². The number of carbonyl (C=O) groups is 1. The first-order chi connectivity index (χ1) is 10.8. The highest BCUT2D eigenvalue weighted by Crippen LogP contribution is 2.24.